The molecule has 0 aliphatic carbocycles. The Balaban J connectivity index is 0. The summed E-state index contributed by atoms with van der Waals surface area (Å²) in [5.74, 6) is 0. The minimum absolute atomic E-state index is 0. The van der Waals surface area contributed by atoms with Gasteiger partial charge in [-0.25, -0.2) is 0 Å². The fourth-order valence-electron chi connectivity index (χ4n) is 0. The summed E-state index contributed by atoms with van der Waals surface area (Å²) in [7, 11) is 0. The molecule has 0 saturated heterocycles. The van der Waals surface area contributed by atoms with Gasteiger partial charge in [0.2, 0.25) is 0 Å². The molecule has 1 radical (unpaired) electrons. The average Bonchev–Trinajstić information content (AvgIpc) is 0. The second-order valence-corrected chi connectivity index (χ2v) is 0. The molecule has 0 atom stereocenters. The van der Waals surface area contributed by atoms with E-state index in [-0.39, 0.29) is 34.9 Å². The van der Waals surface area contributed by atoms with Crippen LogP contribution in [0.3, 0.4) is 0 Å². The van der Waals surface area contributed by atoms with Gasteiger partial charge >= 0.3 is 16.5 Å². The van der Waals surface area contributed by atoms with Crippen molar-refractivity contribution < 1.29 is 16.5 Å². The summed E-state index contributed by atoms with van der Waals surface area (Å²) < 4.78 is 0. The van der Waals surface area contributed by atoms with Crippen molar-refractivity contribution in [3.05, 3.63) is 18.5 Å². The molecular formula is H6N3Ni. The van der Waals surface area contributed by atoms with Crippen LogP contribution in [0.2, 0.25) is 0 Å². The maximum atomic E-state index is 0. The second-order valence-electron chi connectivity index (χ2n) is 0. The molecule has 0 spiro atoms. The Labute approximate surface area is 35.8 Å². The predicted octanol–water partition coefficient (Wildman–Crippen LogP) is 2.15. The van der Waals surface area contributed by atoms with Crippen LogP contribution >= 0.6 is 0 Å². The average molecular weight is 107 g/mol. The van der Waals surface area contributed by atoms with E-state index in [1.54, 1.807) is 0 Å². The van der Waals surface area contributed by atoms with Crippen LogP contribution in [-0.4, -0.2) is 0 Å². The third kappa shape index (κ3) is 32.1. The summed E-state index contributed by atoms with van der Waals surface area (Å²) in [5, 5.41) is 0. The van der Waals surface area contributed by atoms with Gasteiger partial charge < -0.3 is 18.5 Å². The summed E-state index contributed by atoms with van der Waals surface area (Å²) in [6.07, 6.45) is 0. The maximum Gasteiger partial charge on any atom is 3.00 e. The molecule has 3 nitrogen and oxygen atoms in total. The molecule has 0 amide bonds. The molecular weight excluding hydrogens is 101 g/mol. The number of rotatable bonds is 0. The standard InChI is InChI=1S/3H2N.Ni/h3*1H2;/q3*-1;+3. The van der Waals surface area contributed by atoms with Crippen LogP contribution < -0.4 is 0 Å². The van der Waals surface area contributed by atoms with Crippen LogP contribution in [0, 0.1) is 0 Å². The third-order valence-electron chi connectivity index (χ3n) is 0. The van der Waals surface area contributed by atoms with Gasteiger partial charge in [0.15, 0.2) is 0 Å². The summed E-state index contributed by atoms with van der Waals surface area (Å²) in [6, 6.07) is 0. The predicted molar refractivity (Wildman–Crippen MR) is 15.9 cm³/mol. The van der Waals surface area contributed by atoms with Gasteiger partial charge in [-0.3, -0.25) is 0 Å². The topological polar surface area (TPSA) is 100 Å². The first-order valence-corrected chi connectivity index (χ1v) is 0. The van der Waals surface area contributed by atoms with E-state index in [2.05, 4.69) is 0 Å². The van der Waals surface area contributed by atoms with E-state index >= 15 is 0 Å². The Morgan fingerprint density at radius 1 is 0.500 bits per heavy atom. The van der Waals surface area contributed by atoms with Gasteiger partial charge in [0, 0.05) is 0 Å². The van der Waals surface area contributed by atoms with Crippen molar-refractivity contribution in [1.82, 2.24) is 0 Å². The quantitative estimate of drug-likeness (QED) is 0.423. The monoisotopic (exact) mass is 106 g/mol. The van der Waals surface area contributed by atoms with Crippen molar-refractivity contribution in [3.63, 3.8) is 0 Å². The molecule has 0 heterocycles. The molecule has 4 heteroatoms. The second kappa shape index (κ2) is 136. The van der Waals surface area contributed by atoms with E-state index in [0.717, 1.165) is 0 Å². The molecule has 0 aromatic heterocycles. The molecule has 0 fully saturated rings. The van der Waals surface area contributed by atoms with E-state index in [0.29, 0.717) is 0 Å². The number of hydrogen-bond donors (Lipinski definition) is 0. The van der Waals surface area contributed by atoms with Crippen molar-refractivity contribution in [1.29, 1.82) is 0 Å². The molecule has 0 aromatic carbocycles. The molecule has 0 bridgehead atoms. The van der Waals surface area contributed by atoms with Gasteiger partial charge in [0.1, 0.15) is 0 Å². The number of hydrogen-bond acceptors (Lipinski definition) is 0. The Bertz CT molecular complexity index is 3.25. The first-order valence-electron chi connectivity index (χ1n) is 0. The molecule has 0 aromatic rings. The zero-order valence-corrected chi connectivity index (χ0v) is 3.04. The molecule has 0 saturated carbocycles. The van der Waals surface area contributed by atoms with Gasteiger partial charge in [-0.2, -0.15) is 0 Å². The van der Waals surface area contributed by atoms with Crippen molar-refractivity contribution in [3.8, 4) is 0 Å². The van der Waals surface area contributed by atoms with Crippen LogP contribution in [0.15, 0.2) is 0 Å². The van der Waals surface area contributed by atoms with Gasteiger partial charge in [-0.1, -0.05) is 0 Å². The minimum Gasteiger partial charge on any atom is -0.693 e. The fourth-order valence-corrected chi connectivity index (χ4v) is 0. The Morgan fingerprint density at radius 2 is 0.500 bits per heavy atom. The van der Waals surface area contributed by atoms with E-state index < -0.39 is 0 Å². The first-order chi connectivity index (χ1) is 0. The summed E-state index contributed by atoms with van der Waals surface area (Å²) >= 11 is 0. The van der Waals surface area contributed by atoms with E-state index in [1.807, 2.05) is 0 Å². The van der Waals surface area contributed by atoms with Gasteiger partial charge in [-0.15, -0.1) is 0 Å². The van der Waals surface area contributed by atoms with E-state index in [1.165, 1.54) is 0 Å². The minimum atomic E-state index is 0. The number of nitrogens with two attached hydrogens (primary N) is 3. The Hall–Kier alpha value is 0.374. The normalized spacial score (nSPS) is 0. The molecule has 6 N–H and O–H groups in total. The van der Waals surface area contributed by atoms with Crippen molar-refractivity contribution >= 4 is 0 Å². The van der Waals surface area contributed by atoms with Crippen LogP contribution in [-0.2, 0) is 16.5 Å². The van der Waals surface area contributed by atoms with Crippen molar-refractivity contribution in [2.24, 2.45) is 0 Å². The summed E-state index contributed by atoms with van der Waals surface area (Å²) in [4.78, 5) is 0. The molecule has 4 heavy (non-hydrogen) atoms. The van der Waals surface area contributed by atoms with Gasteiger partial charge in [-0.05, 0) is 0 Å². The van der Waals surface area contributed by atoms with Crippen LogP contribution in [0.4, 0.5) is 0 Å². The van der Waals surface area contributed by atoms with E-state index in [4.69, 9.17) is 0 Å². The molecule has 0 unspecified atom stereocenters. The molecule has 31 valence electrons. The van der Waals surface area contributed by atoms with Gasteiger partial charge in [0.05, 0.1) is 0 Å². The van der Waals surface area contributed by atoms with Crippen molar-refractivity contribution in [2.45, 2.75) is 0 Å². The maximum absolute atomic E-state index is 0. The fraction of sp³-hybridized carbons (Fsp3) is 0. The Morgan fingerprint density at radius 3 is 0.500 bits per heavy atom. The smallest absolute Gasteiger partial charge is 0.693 e. The summed E-state index contributed by atoms with van der Waals surface area (Å²) in [6.45, 7) is 0. The third-order valence-corrected chi connectivity index (χ3v) is 0. The largest absolute Gasteiger partial charge is 3.00 e. The summed E-state index contributed by atoms with van der Waals surface area (Å²) in [5.41, 5.74) is 0. The zero-order chi connectivity index (χ0) is 0. The van der Waals surface area contributed by atoms with Crippen LogP contribution in [0.25, 0.3) is 18.5 Å². The molecule has 0 aliphatic heterocycles. The SMILES string of the molecule is [NH2-].[NH2-].[NH2-].[Ni+3]. The van der Waals surface area contributed by atoms with Crippen molar-refractivity contribution in [2.75, 3.05) is 0 Å². The molecule has 0 rings (SSSR count). The first kappa shape index (κ1) is 357. The van der Waals surface area contributed by atoms with E-state index in [9.17, 15) is 0 Å². The molecule has 0 aliphatic rings. The Kier molecular flexibility index (Phi) is 12200. The zero-order valence-electron chi connectivity index (χ0n) is 2.05. The van der Waals surface area contributed by atoms with Crippen LogP contribution in [0.5, 0.6) is 0 Å². The van der Waals surface area contributed by atoms with Crippen LogP contribution in [0.1, 0.15) is 0 Å². The van der Waals surface area contributed by atoms with Gasteiger partial charge in [0.25, 0.3) is 0 Å².